The number of hydrazine groups is 1. The van der Waals surface area contributed by atoms with E-state index >= 15 is 0 Å². The highest BCUT2D eigenvalue weighted by Crippen LogP contribution is 2.24. The number of hydrogen-bond donors (Lipinski definition) is 1. The minimum atomic E-state index is -0.388. The number of anilines is 2. The molecule has 2 saturated heterocycles. The minimum Gasteiger partial charge on any atom is -0.378 e. The zero-order chi connectivity index (χ0) is 19.7. The largest absolute Gasteiger partial charge is 0.378 e. The van der Waals surface area contributed by atoms with Gasteiger partial charge in [-0.1, -0.05) is 18.2 Å². The van der Waals surface area contributed by atoms with Crippen LogP contribution in [0.3, 0.4) is 0 Å². The third-order valence-corrected chi connectivity index (χ3v) is 5.22. The highest BCUT2D eigenvalue weighted by Gasteiger charge is 2.34. The molecule has 2 heterocycles. The van der Waals surface area contributed by atoms with Crippen molar-refractivity contribution < 1.29 is 14.3 Å². The lowest BCUT2D eigenvalue weighted by molar-refractivity contribution is -0.117. The Hall–Kier alpha value is -3.12. The predicted octanol–water partition coefficient (Wildman–Crippen LogP) is 2.60. The molecule has 0 aromatic heterocycles. The summed E-state index contributed by atoms with van der Waals surface area (Å²) in [4.78, 5) is 27.4. The Kier molecular flexibility index (Phi) is 4.88. The molecule has 6 nitrogen and oxygen atoms in total. The fraction of sp³-hybridized carbons (Fsp3) is 0.273. The third-order valence-electron chi connectivity index (χ3n) is 5.22. The maximum atomic E-state index is 12.8. The van der Waals surface area contributed by atoms with Crippen molar-refractivity contribution in [3.05, 3.63) is 64.7 Å². The van der Waals surface area contributed by atoms with Gasteiger partial charge in [0.1, 0.15) is 5.57 Å². The van der Waals surface area contributed by atoms with E-state index in [1.807, 2.05) is 56.3 Å². The van der Waals surface area contributed by atoms with Crippen molar-refractivity contribution in [2.45, 2.75) is 13.8 Å². The van der Waals surface area contributed by atoms with Gasteiger partial charge in [0, 0.05) is 18.8 Å². The first kappa shape index (κ1) is 18.3. The van der Waals surface area contributed by atoms with Crippen LogP contribution < -0.4 is 15.3 Å². The number of ether oxygens (including phenoxy) is 1. The summed E-state index contributed by atoms with van der Waals surface area (Å²) in [5, 5.41) is 1.31. The lowest BCUT2D eigenvalue weighted by Gasteiger charge is -2.28. The molecule has 2 fully saturated rings. The molecule has 4 rings (SSSR count). The van der Waals surface area contributed by atoms with Crippen LogP contribution in [-0.2, 0) is 14.3 Å². The summed E-state index contributed by atoms with van der Waals surface area (Å²) in [6.07, 6.45) is 1.64. The third kappa shape index (κ3) is 3.51. The van der Waals surface area contributed by atoms with Crippen LogP contribution in [0, 0.1) is 13.8 Å². The number of aryl methyl sites for hydroxylation is 2. The number of carbonyl (C=O) groups is 2. The Balaban J connectivity index is 1.54. The molecule has 2 aromatic rings. The van der Waals surface area contributed by atoms with Gasteiger partial charge in [0.2, 0.25) is 0 Å². The Bertz CT molecular complexity index is 944. The molecule has 2 aromatic carbocycles. The van der Waals surface area contributed by atoms with E-state index < -0.39 is 0 Å². The fourth-order valence-electron chi connectivity index (χ4n) is 3.37. The van der Waals surface area contributed by atoms with Gasteiger partial charge in [0.15, 0.2) is 0 Å². The van der Waals surface area contributed by atoms with Crippen LogP contribution in [0.5, 0.6) is 0 Å². The molecule has 6 heteroatoms. The number of morpholine rings is 1. The van der Waals surface area contributed by atoms with Crippen molar-refractivity contribution in [2.75, 3.05) is 36.2 Å². The van der Waals surface area contributed by atoms with E-state index in [9.17, 15) is 9.59 Å². The average Bonchev–Trinajstić information content (AvgIpc) is 2.99. The quantitative estimate of drug-likeness (QED) is 0.660. The first-order chi connectivity index (χ1) is 13.5. The maximum Gasteiger partial charge on any atom is 0.282 e. The maximum absolute atomic E-state index is 12.8. The van der Waals surface area contributed by atoms with E-state index in [0.717, 1.165) is 48.7 Å². The highest BCUT2D eigenvalue weighted by atomic mass is 16.5. The molecule has 0 unspecified atom stereocenters. The number of amides is 2. The van der Waals surface area contributed by atoms with Crippen LogP contribution >= 0.6 is 0 Å². The van der Waals surface area contributed by atoms with E-state index in [1.165, 1.54) is 5.01 Å². The molecule has 28 heavy (non-hydrogen) atoms. The number of nitrogens with zero attached hydrogens (tertiary/aromatic N) is 2. The lowest BCUT2D eigenvalue weighted by atomic mass is 10.1. The molecule has 0 bridgehead atoms. The molecular formula is C22H23N3O3. The highest BCUT2D eigenvalue weighted by molar-refractivity contribution is 6.31. The van der Waals surface area contributed by atoms with E-state index in [4.69, 9.17) is 4.74 Å². The summed E-state index contributed by atoms with van der Waals surface area (Å²) in [5.74, 6) is -0.731. The second kappa shape index (κ2) is 7.48. The molecule has 0 saturated carbocycles. The first-order valence-electron chi connectivity index (χ1n) is 9.40. The molecule has 0 atom stereocenters. The summed E-state index contributed by atoms with van der Waals surface area (Å²) < 4.78 is 5.38. The smallest absolute Gasteiger partial charge is 0.282 e. The van der Waals surface area contributed by atoms with E-state index in [-0.39, 0.29) is 17.4 Å². The minimum absolute atomic E-state index is 0.136. The zero-order valence-electron chi connectivity index (χ0n) is 16.1. The molecule has 2 aliphatic heterocycles. The van der Waals surface area contributed by atoms with Crippen molar-refractivity contribution in [3.8, 4) is 0 Å². The van der Waals surface area contributed by atoms with Gasteiger partial charge >= 0.3 is 0 Å². The molecule has 0 radical (unpaired) electrons. The van der Waals surface area contributed by atoms with Crippen molar-refractivity contribution in [1.82, 2.24) is 5.43 Å². The Labute approximate surface area is 164 Å². The Morgan fingerprint density at radius 3 is 2.29 bits per heavy atom. The topological polar surface area (TPSA) is 61.9 Å². The number of nitrogens with one attached hydrogen (secondary N) is 1. The monoisotopic (exact) mass is 377 g/mol. The average molecular weight is 377 g/mol. The fourth-order valence-corrected chi connectivity index (χ4v) is 3.37. The van der Waals surface area contributed by atoms with Crippen LogP contribution in [0.15, 0.2) is 48.0 Å². The van der Waals surface area contributed by atoms with Crippen LogP contribution in [0.4, 0.5) is 11.4 Å². The van der Waals surface area contributed by atoms with Gasteiger partial charge in [0.05, 0.1) is 18.9 Å². The van der Waals surface area contributed by atoms with Gasteiger partial charge in [-0.25, -0.2) is 5.01 Å². The Morgan fingerprint density at radius 2 is 1.61 bits per heavy atom. The summed E-state index contributed by atoms with van der Waals surface area (Å²) in [5.41, 5.74) is 7.59. The summed E-state index contributed by atoms with van der Waals surface area (Å²) in [7, 11) is 0. The van der Waals surface area contributed by atoms with Gasteiger partial charge in [0.25, 0.3) is 11.8 Å². The summed E-state index contributed by atoms with van der Waals surface area (Å²) >= 11 is 0. The number of carbonyl (C=O) groups excluding carboxylic acids is 2. The molecule has 0 spiro atoms. The van der Waals surface area contributed by atoms with Crippen LogP contribution in [-0.4, -0.2) is 38.1 Å². The van der Waals surface area contributed by atoms with Gasteiger partial charge in [-0.15, -0.1) is 0 Å². The van der Waals surface area contributed by atoms with Crippen molar-refractivity contribution in [3.63, 3.8) is 0 Å². The Morgan fingerprint density at radius 1 is 0.929 bits per heavy atom. The number of benzene rings is 2. The van der Waals surface area contributed by atoms with Crippen molar-refractivity contribution in [1.29, 1.82) is 0 Å². The summed E-state index contributed by atoms with van der Waals surface area (Å²) in [6, 6.07) is 13.5. The van der Waals surface area contributed by atoms with E-state index in [0.29, 0.717) is 5.69 Å². The number of hydrogen-bond acceptors (Lipinski definition) is 4. The normalized spacial score (nSPS) is 18.7. The zero-order valence-corrected chi connectivity index (χ0v) is 16.1. The SMILES string of the molecule is Cc1ccc(N2NC(=O)/C(=C\c3ccc(N4CCOCC4)cc3)C2=O)cc1C. The van der Waals surface area contributed by atoms with Gasteiger partial charge < -0.3 is 9.64 Å². The van der Waals surface area contributed by atoms with Crippen molar-refractivity contribution in [2.24, 2.45) is 0 Å². The van der Waals surface area contributed by atoms with Crippen LogP contribution in [0.25, 0.3) is 6.08 Å². The molecule has 2 amide bonds. The standard InChI is InChI=1S/C22H23N3O3/c1-15-3-6-19(13-16(15)2)25-22(27)20(21(26)23-25)14-17-4-7-18(8-5-17)24-9-11-28-12-10-24/h3-8,13-14H,9-12H2,1-2H3,(H,23,26)/b20-14+. The molecule has 144 valence electrons. The number of rotatable bonds is 3. The molecule has 2 aliphatic rings. The van der Waals surface area contributed by atoms with Crippen molar-refractivity contribution >= 4 is 29.3 Å². The van der Waals surface area contributed by atoms with Gasteiger partial charge in [-0.3, -0.25) is 15.0 Å². The van der Waals surface area contributed by atoms with Crippen LogP contribution in [0.1, 0.15) is 16.7 Å². The lowest BCUT2D eigenvalue weighted by Crippen LogP contribution is -2.36. The first-order valence-corrected chi connectivity index (χ1v) is 9.40. The van der Waals surface area contributed by atoms with Crippen LogP contribution in [0.2, 0.25) is 0 Å². The molecule has 1 N–H and O–H groups in total. The van der Waals surface area contributed by atoms with E-state index in [2.05, 4.69) is 10.3 Å². The molecule has 0 aliphatic carbocycles. The summed E-state index contributed by atoms with van der Waals surface area (Å²) in [6.45, 7) is 7.19. The predicted molar refractivity (Wildman–Crippen MR) is 109 cm³/mol. The molecular weight excluding hydrogens is 354 g/mol. The van der Waals surface area contributed by atoms with E-state index in [1.54, 1.807) is 6.08 Å². The van der Waals surface area contributed by atoms with Gasteiger partial charge in [-0.2, -0.15) is 0 Å². The second-order valence-electron chi connectivity index (χ2n) is 7.10. The van der Waals surface area contributed by atoms with Gasteiger partial charge in [-0.05, 0) is 60.9 Å². The second-order valence-corrected chi connectivity index (χ2v) is 7.10.